The highest BCUT2D eigenvalue weighted by atomic mass is 16.5. The fraction of sp³-hybridized carbons (Fsp3) is 0.389. The number of piperidine rings is 1. The minimum atomic E-state index is 0.0926. The van der Waals surface area contributed by atoms with Gasteiger partial charge >= 0.3 is 0 Å². The Balaban J connectivity index is 1.59. The maximum Gasteiger partial charge on any atom is 0.260 e. The quantitative estimate of drug-likeness (QED) is 0.863. The van der Waals surface area contributed by atoms with E-state index >= 15 is 0 Å². The summed E-state index contributed by atoms with van der Waals surface area (Å²) in [6, 6.07) is 14.1. The molecule has 0 N–H and O–H groups in total. The van der Waals surface area contributed by atoms with E-state index in [2.05, 4.69) is 19.1 Å². The fourth-order valence-corrected chi connectivity index (χ4v) is 2.75. The molecule has 1 heterocycles. The van der Waals surface area contributed by atoms with Crippen LogP contribution in [0.25, 0.3) is 10.8 Å². The van der Waals surface area contributed by atoms with E-state index in [9.17, 15) is 4.79 Å². The van der Waals surface area contributed by atoms with Crippen molar-refractivity contribution >= 4 is 16.7 Å². The van der Waals surface area contributed by atoms with Crippen molar-refractivity contribution in [3.8, 4) is 5.75 Å². The van der Waals surface area contributed by atoms with Crippen molar-refractivity contribution in [1.82, 2.24) is 4.90 Å². The Hall–Kier alpha value is -2.03. The lowest BCUT2D eigenvalue weighted by molar-refractivity contribution is -0.134. The lowest BCUT2D eigenvalue weighted by Crippen LogP contribution is -2.40. The van der Waals surface area contributed by atoms with Crippen LogP contribution >= 0.6 is 0 Å². The normalized spacial score (nSPS) is 16.1. The molecule has 0 unspecified atom stereocenters. The molecule has 2 aromatic rings. The Morgan fingerprint density at radius 3 is 2.62 bits per heavy atom. The number of amides is 1. The molecule has 3 rings (SSSR count). The number of hydrogen-bond acceptors (Lipinski definition) is 2. The average molecular weight is 283 g/mol. The number of hydrogen-bond donors (Lipinski definition) is 0. The Morgan fingerprint density at radius 2 is 1.86 bits per heavy atom. The Bertz CT molecular complexity index is 630. The zero-order valence-electron chi connectivity index (χ0n) is 12.4. The molecule has 1 aliphatic heterocycles. The largest absolute Gasteiger partial charge is 0.484 e. The molecule has 1 aliphatic rings. The molecule has 1 amide bonds. The van der Waals surface area contributed by atoms with Gasteiger partial charge in [-0.25, -0.2) is 0 Å². The minimum absolute atomic E-state index is 0.0926. The third kappa shape index (κ3) is 3.35. The molecule has 0 spiro atoms. The van der Waals surface area contributed by atoms with Gasteiger partial charge in [-0.2, -0.15) is 0 Å². The smallest absolute Gasteiger partial charge is 0.260 e. The maximum absolute atomic E-state index is 12.1. The van der Waals surface area contributed by atoms with Gasteiger partial charge in [-0.15, -0.1) is 0 Å². The molecule has 110 valence electrons. The highest BCUT2D eigenvalue weighted by Gasteiger charge is 2.20. The van der Waals surface area contributed by atoms with Gasteiger partial charge < -0.3 is 9.64 Å². The molecule has 3 nitrogen and oxygen atoms in total. The van der Waals surface area contributed by atoms with Crippen LogP contribution in [0.15, 0.2) is 42.5 Å². The van der Waals surface area contributed by atoms with Gasteiger partial charge in [0.2, 0.25) is 0 Å². The minimum Gasteiger partial charge on any atom is -0.484 e. The van der Waals surface area contributed by atoms with E-state index < -0.39 is 0 Å². The SMILES string of the molecule is CC1CCN(C(=O)COc2ccc3ccccc3c2)CC1. The fourth-order valence-electron chi connectivity index (χ4n) is 2.75. The summed E-state index contributed by atoms with van der Waals surface area (Å²) in [6.07, 6.45) is 2.20. The number of rotatable bonds is 3. The second-order valence-corrected chi connectivity index (χ2v) is 5.86. The third-order valence-electron chi connectivity index (χ3n) is 4.22. The zero-order chi connectivity index (χ0) is 14.7. The van der Waals surface area contributed by atoms with Gasteiger partial charge in [0.25, 0.3) is 5.91 Å². The number of carbonyl (C=O) groups is 1. The van der Waals surface area contributed by atoms with E-state index in [4.69, 9.17) is 4.74 Å². The van der Waals surface area contributed by atoms with Gasteiger partial charge in [0.1, 0.15) is 5.75 Å². The third-order valence-corrected chi connectivity index (χ3v) is 4.22. The van der Waals surface area contributed by atoms with Crippen LogP contribution in [0.1, 0.15) is 19.8 Å². The monoisotopic (exact) mass is 283 g/mol. The first kappa shape index (κ1) is 13.9. The Morgan fingerprint density at radius 1 is 1.14 bits per heavy atom. The van der Waals surface area contributed by atoms with E-state index in [0.29, 0.717) is 0 Å². The second kappa shape index (κ2) is 6.17. The molecule has 3 heteroatoms. The topological polar surface area (TPSA) is 29.5 Å². The van der Waals surface area contributed by atoms with Crippen LogP contribution in [0.2, 0.25) is 0 Å². The average Bonchev–Trinajstić information content (AvgIpc) is 2.53. The van der Waals surface area contributed by atoms with E-state index in [1.807, 2.05) is 35.2 Å². The van der Waals surface area contributed by atoms with Gasteiger partial charge in [-0.1, -0.05) is 37.3 Å². The molecule has 0 atom stereocenters. The summed E-state index contributed by atoms with van der Waals surface area (Å²) >= 11 is 0. The summed E-state index contributed by atoms with van der Waals surface area (Å²) < 4.78 is 5.66. The molecule has 1 fully saturated rings. The summed E-state index contributed by atoms with van der Waals surface area (Å²) in [5.41, 5.74) is 0. The van der Waals surface area contributed by atoms with Gasteiger partial charge in [-0.3, -0.25) is 4.79 Å². The van der Waals surface area contributed by atoms with Crippen LogP contribution in [-0.2, 0) is 4.79 Å². The Labute approximate surface area is 125 Å². The molecule has 0 aromatic heterocycles. The summed E-state index contributed by atoms with van der Waals surface area (Å²) in [7, 11) is 0. The first-order valence-corrected chi connectivity index (χ1v) is 7.62. The lowest BCUT2D eigenvalue weighted by atomic mass is 9.99. The number of benzene rings is 2. The molecule has 21 heavy (non-hydrogen) atoms. The molecule has 0 saturated carbocycles. The van der Waals surface area contributed by atoms with Crippen molar-refractivity contribution in [2.45, 2.75) is 19.8 Å². The lowest BCUT2D eigenvalue weighted by Gasteiger charge is -2.30. The van der Waals surface area contributed by atoms with Crippen LogP contribution in [0.5, 0.6) is 5.75 Å². The highest BCUT2D eigenvalue weighted by molar-refractivity contribution is 5.84. The van der Waals surface area contributed by atoms with Gasteiger partial charge in [0.05, 0.1) is 0 Å². The molecular weight excluding hydrogens is 262 g/mol. The van der Waals surface area contributed by atoms with Crippen LogP contribution in [-0.4, -0.2) is 30.5 Å². The summed E-state index contributed by atoms with van der Waals surface area (Å²) in [6.45, 7) is 4.10. The Kier molecular flexibility index (Phi) is 4.09. The van der Waals surface area contributed by atoms with Gasteiger partial charge in [0, 0.05) is 13.1 Å². The van der Waals surface area contributed by atoms with Gasteiger partial charge in [-0.05, 0) is 41.7 Å². The highest BCUT2D eigenvalue weighted by Crippen LogP contribution is 2.21. The molecule has 0 bridgehead atoms. The predicted molar refractivity (Wildman–Crippen MR) is 84.4 cm³/mol. The number of fused-ring (bicyclic) bond motifs is 1. The first-order chi connectivity index (χ1) is 10.2. The number of ether oxygens (including phenoxy) is 1. The van der Waals surface area contributed by atoms with Crippen molar-refractivity contribution < 1.29 is 9.53 Å². The summed E-state index contributed by atoms with van der Waals surface area (Å²) in [5, 5.41) is 2.32. The standard InChI is InChI=1S/C18H21NO2/c1-14-8-10-19(11-9-14)18(20)13-21-17-7-6-15-4-2-3-5-16(15)12-17/h2-7,12,14H,8-11,13H2,1H3. The number of likely N-dealkylation sites (tertiary alicyclic amines) is 1. The molecule has 0 aliphatic carbocycles. The van der Waals surface area contributed by atoms with Crippen LogP contribution in [0.3, 0.4) is 0 Å². The predicted octanol–water partition coefficient (Wildman–Crippen LogP) is 3.48. The zero-order valence-corrected chi connectivity index (χ0v) is 12.4. The summed E-state index contributed by atoms with van der Waals surface area (Å²) in [5.74, 6) is 1.58. The van der Waals surface area contributed by atoms with Crippen LogP contribution < -0.4 is 4.74 Å². The van der Waals surface area contributed by atoms with Crippen molar-refractivity contribution in [2.75, 3.05) is 19.7 Å². The van der Waals surface area contributed by atoms with Crippen molar-refractivity contribution in [3.63, 3.8) is 0 Å². The summed E-state index contributed by atoms with van der Waals surface area (Å²) in [4.78, 5) is 14.1. The van der Waals surface area contributed by atoms with Crippen LogP contribution in [0, 0.1) is 5.92 Å². The van der Waals surface area contributed by atoms with Crippen molar-refractivity contribution in [2.24, 2.45) is 5.92 Å². The number of carbonyl (C=O) groups excluding carboxylic acids is 1. The van der Waals surface area contributed by atoms with Crippen LogP contribution in [0.4, 0.5) is 0 Å². The van der Waals surface area contributed by atoms with E-state index in [-0.39, 0.29) is 12.5 Å². The molecule has 0 radical (unpaired) electrons. The van der Waals surface area contributed by atoms with Crippen molar-refractivity contribution in [1.29, 1.82) is 0 Å². The maximum atomic E-state index is 12.1. The second-order valence-electron chi connectivity index (χ2n) is 5.86. The molecule has 2 aromatic carbocycles. The number of nitrogens with zero attached hydrogens (tertiary/aromatic N) is 1. The molecular formula is C18H21NO2. The molecule has 1 saturated heterocycles. The van der Waals surface area contributed by atoms with Crippen molar-refractivity contribution in [3.05, 3.63) is 42.5 Å². The van der Waals surface area contributed by atoms with E-state index in [0.717, 1.165) is 43.0 Å². The van der Waals surface area contributed by atoms with E-state index in [1.165, 1.54) is 5.39 Å². The first-order valence-electron chi connectivity index (χ1n) is 7.62. The van der Waals surface area contributed by atoms with E-state index in [1.54, 1.807) is 0 Å². The van der Waals surface area contributed by atoms with Gasteiger partial charge in [0.15, 0.2) is 6.61 Å².